The molecule has 0 saturated heterocycles. The number of benzene rings is 1. The Labute approximate surface area is 117 Å². The molecule has 1 aromatic heterocycles. The number of ether oxygens (including phenoxy) is 1. The van der Waals surface area contributed by atoms with Crippen molar-refractivity contribution in [1.29, 1.82) is 0 Å². The number of pyridine rings is 1. The SMILES string of the molecule is CC(=O)c1ccnc(Oc2ccc(S(C)(=O)=O)cc2)c1. The molecule has 0 fully saturated rings. The molecule has 0 saturated carbocycles. The zero-order valence-electron chi connectivity index (χ0n) is 11.0. The lowest BCUT2D eigenvalue weighted by molar-refractivity contribution is 0.101. The smallest absolute Gasteiger partial charge is 0.219 e. The van der Waals surface area contributed by atoms with Crippen LogP contribution >= 0.6 is 0 Å². The molecule has 2 aromatic rings. The molecule has 6 heteroatoms. The molecule has 0 aliphatic carbocycles. The van der Waals surface area contributed by atoms with Gasteiger partial charge in [0.05, 0.1) is 4.90 Å². The van der Waals surface area contributed by atoms with Crippen LogP contribution in [0.2, 0.25) is 0 Å². The van der Waals surface area contributed by atoms with Gasteiger partial charge in [-0.3, -0.25) is 4.79 Å². The van der Waals surface area contributed by atoms with E-state index in [1.807, 2.05) is 0 Å². The van der Waals surface area contributed by atoms with Crippen LogP contribution in [0.3, 0.4) is 0 Å². The Morgan fingerprint density at radius 3 is 2.35 bits per heavy atom. The van der Waals surface area contributed by atoms with Crippen LogP contribution in [0.25, 0.3) is 0 Å². The van der Waals surface area contributed by atoms with Crippen LogP contribution in [0.4, 0.5) is 0 Å². The summed E-state index contributed by atoms with van der Waals surface area (Å²) in [7, 11) is -3.23. The molecule has 0 spiro atoms. The highest BCUT2D eigenvalue weighted by Gasteiger charge is 2.08. The maximum Gasteiger partial charge on any atom is 0.219 e. The van der Waals surface area contributed by atoms with Gasteiger partial charge < -0.3 is 4.74 Å². The van der Waals surface area contributed by atoms with Crippen molar-refractivity contribution < 1.29 is 17.9 Å². The van der Waals surface area contributed by atoms with Gasteiger partial charge in [0, 0.05) is 24.1 Å². The third-order valence-corrected chi connectivity index (χ3v) is 3.74. The fourth-order valence-electron chi connectivity index (χ4n) is 1.56. The van der Waals surface area contributed by atoms with Crippen molar-refractivity contribution in [2.24, 2.45) is 0 Å². The highest BCUT2D eigenvalue weighted by atomic mass is 32.2. The van der Waals surface area contributed by atoms with E-state index >= 15 is 0 Å². The fourth-order valence-corrected chi connectivity index (χ4v) is 2.19. The zero-order valence-corrected chi connectivity index (χ0v) is 11.8. The molecular weight excluding hydrogens is 278 g/mol. The second-order valence-electron chi connectivity index (χ2n) is 4.28. The topological polar surface area (TPSA) is 73.3 Å². The average Bonchev–Trinajstić information content (AvgIpc) is 2.38. The van der Waals surface area contributed by atoms with E-state index in [1.165, 1.54) is 31.3 Å². The van der Waals surface area contributed by atoms with Gasteiger partial charge in [-0.2, -0.15) is 0 Å². The monoisotopic (exact) mass is 291 g/mol. The van der Waals surface area contributed by atoms with Gasteiger partial charge in [-0.25, -0.2) is 13.4 Å². The Balaban J connectivity index is 2.22. The number of aromatic nitrogens is 1. The Morgan fingerprint density at radius 2 is 1.80 bits per heavy atom. The number of ketones is 1. The Hall–Kier alpha value is -2.21. The second-order valence-corrected chi connectivity index (χ2v) is 6.30. The molecule has 0 aliphatic rings. The van der Waals surface area contributed by atoms with Crippen LogP contribution in [-0.4, -0.2) is 25.4 Å². The van der Waals surface area contributed by atoms with Gasteiger partial charge in [-0.15, -0.1) is 0 Å². The molecule has 0 aliphatic heterocycles. The quantitative estimate of drug-likeness (QED) is 0.809. The van der Waals surface area contributed by atoms with Gasteiger partial charge in [-0.1, -0.05) is 0 Å². The summed E-state index contributed by atoms with van der Waals surface area (Å²) < 4.78 is 28.1. The van der Waals surface area contributed by atoms with Crippen LogP contribution in [0.5, 0.6) is 11.6 Å². The number of hydrogen-bond donors (Lipinski definition) is 0. The summed E-state index contributed by atoms with van der Waals surface area (Å²) in [6.07, 6.45) is 2.62. The lowest BCUT2D eigenvalue weighted by atomic mass is 10.2. The lowest BCUT2D eigenvalue weighted by Gasteiger charge is -2.06. The predicted octanol–water partition coefficient (Wildman–Crippen LogP) is 2.48. The highest BCUT2D eigenvalue weighted by molar-refractivity contribution is 7.90. The van der Waals surface area contributed by atoms with E-state index in [2.05, 4.69) is 4.98 Å². The van der Waals surface area contributed by atoms with Gasteiger partial charge in [-0.05, 0) is 37.3 Å². The highest BCUT2D eigenvalue weighted by Crippen LogP contribution is 2.22. The molecule has 2 rings (SSSR count). The molecular formula is C14H13NO4S. The van der Waals surface area contributed by atoms with Crippen molar-refractivity contribution in [3.8, 4) is 11.6 Å². The van der Waals surface area contributed by atoms with Gasteiger partial charge in [0.1, 0.15) is 5.75 Å². The van der Waals surface area contributed by atoms with Crippen LogP contribution in [0, 0.1) is 0 Å². The number of carbonyl (C=O) groups excluding carboxylic acids is 1. The number of carbonyl (C=O) groups is 1. The van der Waals surface area contributed by atoms with Crippen molar-refractivity contribution in [1.82, 2.24) is 4.98 Å². The number of hydrogen-bond acceptors (Lipinski definition) is 5. The average molecular weight is 291 g/mol. The zero-order chi connectivity index (χ0) is 14.8. The van der Waals surface area contributed by atoms with E-state index in [4.69, 9.17) is 4.74 Å². The Bertz CT molecular complexity index is 736. The minimum atomic E-state index is -3.23. The first-order valence-corrected chi connectivity index (χ1v) is 7.70. The van der Waals surface area contributed by atoms with E-state index in [-0.39, 0.29) is 16.6 Å². The molecule has 0 N–H and O–H groups in total. The normalized spacial score (nSPS) is 11.1. The van der Waals surface area contributed by atoms with E-state index in [9.17, 15) is 13.2 Å². The molecule has 5 nitrogen and oxygen atoms in total. The van der Waals surface area contributed by atoms with Crippen LogP contribution in [-0.2, 0) is 9.84 Å². The predicted molar refractivity (Wildman–Crippen MR) is 73.9 cm³/mol. The number of sulfone groups is 1. The minimum Gasteiger partial charge on any atom is -0.439 e. The largest absolute Gasteiger partial charge is 0.439 e. The maximum atomic E-state index is 11.3. The number of rotatable bonds is 4. The third kappa shape index (κ3) is 3.42. The van der Waals surface area contributed by atoms with Gasteiger partial charge in [0.25, 0.3) is 0 Å². The molecule has 0 unspecified atom stereocenters. The first-order valence-electron chi connectivity index (χ1n) is 5.81. The standard InChI is InChI=1S/C14H13NO4S/c1-10(16)11-7-8-15-14(9-11)19-12-3-5-13(6-4-12)20(2,17)18/h3-9H,1-2H3. The van der Waals surface area contributed by atoms with Gasteiger partial charge in [0.15, 0.2) is 15.6 Å². The number of Topliss-reactive ketones (excluding diaryl/α,β-unsaturated/α-hetero) is 1. The van der Waals surface area contributed by atoms with Crippen molar-refractivity contribution in [3.05, 3.63) is 48.2 Å². The van der Waals surface area contributed by atoms with E-state index in [0.717, 1.165) is 6.26 Å². The third-order valence-electron chi connectivity index (χ3n) is 2.62. The second kappa shape index (κ2) is 5.42. The van der Waals surface area contributed by atoms with Crippen molar-refractivity contribution in [2.75, 3.05) is 6.26 Å². The molecule has 20 heavy (non-hydrogen) atoms. The van der Waals surface area contributed by atoms with E-state index < -0.39 is 9.84 Å². The Kier molecular flexibility index (Phi) is 3.85. The van der Waals surface area contributed by atoms with Crippen molar-refractivity contribution >= 4 is 15.6 Å². The van der Waals surface area contributed by atoms with Crippen LogP contribution < -0.4 is 4.74 Å². The molecule has 1 aromatic carbocycles. The maximum absolute atomic E-state index is 11.3. The number of nitrogens with zero attached hydrogens (tertiary/aromatic N) is 1. The molecule has 1 heterocycles. The lowest BCUT2D eigenvalue weighted by Crippen LogP contribution is -1.97. The summed E-state index contributed by atoms with van der Waals surface area (Å²) in [5, 5.41) is 0. The first kappa shape index (κ1) is 14.2. The first-order chi connectivity index (χ1) is 9.36. The molecule has 0 atom stereocenters. The van der Waals surface area contributed by atoms with Crippen LogP contribution in [0.15, 0.2) is 47.5 Å². The van der Waals surface area contributed by atoms with Crippen molar-refractivity contribution in [3.63, 3.8) is 0 Å². The van der Waals surface area contributed by atoms with Gasteiger partial charge >= 0.3 is 0 Å². The summed E-state index contributed by atoms with van der Waals surface area (Å²) >= 11 is 0. The van der Waals surface area contributed by atoms with Crippen molar-refractivity contribution in [2.45, 2.75) is 11.8 Å². The summed E-state index contributed by atoms with van der Waals surface area (Å²) in [5.74, 6) is 0.653. The molecule has 104 valence electrons. The molecule has 0 radical (unpaired) electrons. The fraction of sp³-hybridized carbons (Fsp3) is 0.143. The van der Waals surface area contributed by atoms with Crippen LogP contribution in [0.1, 0.15) is 17.3 Å². The molecule has 0 bridgehead atoms. The van der Waals surface area contributed by atoms with E-state index in [1.54, 1.807) is 18.2 Å². The van der Waals surface area contributed by atoms with Gasteiger partial charge in [0.2, 0.25) is 5.88 Å². The minimum absolute atomic E-state index is 0.0790. The summed E-state index contributed by atoms with van der Waals surface area (Å²) in [5.41, 5.74) is 0.503. The summed E-state index contributed by atoms with van der Waals surface area (Å²) in [6, 6.07) is 9.13. The molecule has 0 amide bonds. The summed E-state index contributed by atoms with van der Waals surface area (Å²) in [6.45, 7) is 1.46. The summed E-state index contributed by atoms with van der Waals surface area (Å²) in [4.78, 5) is 15.5. The van der Waals surface area contributed by atoms with E-state index in [0.29, 0.717) is 11.3 Å². The Morgan fingerprint density at radius 1 is 1.15 bits per heavy atom.